The number of aryl methyl sites for hydroxylation is 2. The number of rotatable bonds is 6. The standard InChI is InChI=1S/C33H27F3N4O3/c1-19-6-7-22(20(2)14-19)18-40-29(17-26(33(34,35)36)30(37-3)32(40)42)21-8-10-24(11-9-21)43-25-12-13-27-23(15-25)16-28(38-27)31(41)39(4)5/h6-17,38H,18H2,1-2,4-5H3. The first-order valence-electron chi connectivity index (χ1n) is 13.3. The van der Waals surface area contributed by atoms with Gasteiger partial charge in [-0.25, -0.2) is 4.85 Å². The molecule has 0 bridgehead atoms. The maximum atomic E-state index is 13.9. The molecule has 0 saturated carbocycles. The Balaban J connectivity index is 1.52. The number of hydrogen-bond acceptors (Lipinski definition) is 3. The van der Waals surface area contributed by atoms with Gasteiger partial charge in [0, 0.05) is 30.7 Å². The third-order valence-electron chi connectivity index (χ3n) is 7.13. The smallest absolute Gasteiger partial charge is 0.407 e. The number of H-pyrrole nitrogens is 1. The maximum Gasteiger partial charge on any atom is 0.407 e. The summed E-state index contributed by atoms with van der Waals surface area (Å²) in [6, 6.07) is 19.8. The first-order chi connectivity index (χ1) is 20.3. The average Bonchev–Trinajstić information content (AvgIpc) is 3.38. The number of pyridine rings is 1. The summed E-state index contributed by atoms with van der Waals surface area (Å²) in [5.41, 5.74) is 0.983. The molecule has 0 unspecified atom stereocenters. The van der Waals surface area contributed by atoms with Crippen molar-refractivity contribution in [2.45, 2.75) is 26.6 Å². The van der Waals surface area contributed by atoms with Crippen LogP contribution < -0.4 is 10.3 Å². The zero-order valence-corrected chi connectivity index (χ0v) is 23.8. The molecule has 0 atom stereocenters. The fourth-order valence-corrected chi connectivity index (χ4v) is 4.91. The molecule has 2 heterocycles. The summed E-state index contributed by atoms with van der Waals surface area (Å²) in [5.74, 6) is 0.749. The topological polar surface area (TPSA) is 71.7 Å². The Hall–Kier alpha value is -5.30. The Bertz CT molecular complexity index is 1960. The molecule has 2 aromatic heterocycles. The fourth-order valence-electron chi connectivity index (χ4n) is 4.91. The summed E-state index contributed by atoms with van der Waals surface area (Å²) < 4.78 is 49.0. The average molecular weight is 585 g/mol. The summed E-state index contributed by atoms with van der Waals surface area (Å²) in [6.07, 6.45) is -4.89. The van der Waals surface area contributed by atoms with E-state index < -0.39 is 23.0 Å². The number of alkyl halides is 3. The highest BCUT2D eigenvalue weighted by atomic mass is 19.4. The van der Waals surface area contributed by atoms with E-state index in [9.17, 15) is 22.8 Å². The lowest BCUT2D eigenvalue weighted by atomic mass is 10.0. The minimum atomic E-state index is -4.89. The van der Waals surface area contributed by atoms with Gasteiger partial charge < -0.3 is 19.2 Å². The lowest BCUT2D eigenvalue weighted by molar-refractivity contribution is -0.136. The molecule has 0 aliphatic heterocycles. The van der Waals surface area contributed by atoms with Crippen molar-refractivity contribution in [1.29, 1.82) is 0 Å². The molecular weight excluding hydrogens is 557 g/mol. The lowest BCUT2D eigenvalue weighted by Crippen LogP contribution is -2.25. The molecule has 0 saturated heterocycles. The van der Waals surface area contributed by atoms with Gasteiger partial charge in [-0.05, 0) is 85.1 Å². The molecule has 1 N–H and O–H groups in total. The number of nitrogens with zero attached hydrogens (tertiary/aromatic N) is 3. The quantitative estimate of drug-likeness (QED) is 0.208. The second kappa shape index (κ2) is 11.2. The number of carbonyl (C=O) groups excluding carboxylic acids is 1. The van der Waals surface area contributed by atoms with Gasteiger partial charge in [0.1, 0.15) is 17.2 Å². The van der Waals surface area contributed by atoms with Crippen LogP contribution in [0.4, 0.5) is 18.9 Å². The Morgan fingerprint density at radius 2 is 1.67 bits per heavy atom. The molecule has 10 heteroatoms. The van der Waals surface area contributed by atoms with Crippen LogP contribution in [0.5, 0.6) is 11.5 Å². The van der Waals surface area contributed by atoms with E-state index >= 15 is 0 Å². The van der Waals surface area contributed by atoms with Crippen LogP contribution in [0.3, 0.4) is 0 Å². The highest BCUT2D eigenvalue weighted by Crippen LogP contribution is 2.38. The van der Waals surface area contributed by atoms with Crippen molar-refractivity contribution in [3.8, 4) is 22.8 Å². The van der Waals surface area contributed by atoms with Gasteiger partial charge in [-0.2, -0.15) is 13.2 Å². The molecule has 43 heavy (non-hydrogen) atoms. The van der Waals surface area contributed by atoms with E-state index in [1.54, 1.807) is 62.6 Å². The number of aromatic amines is 1. The molecule has 0 aliphatic rings. The van der Waals surface area contributed by atoms with Crippen molar-refractivity contribution in [2.75, 3.05) is 14.1 Å². The molecule has 7 nitrogen and oxygen atoms in total. The van der Waals surface area contributed by atoms with E-state index in [1.807, 2.05) is 32.0 Å². The van der Waals surface area contributed by atoms with E-state index in [-0.39, 0.29) is 18.1 Å². The first-order valence-corrected chi connectivity index (χ1v) is 13.3. The van der Waals surface area contributed by atoms with Gasteiger partial charge in [0.05, 0.1) is 18.7 Å². The summed E-state index contributed by atoms with van der Waals surface area (Å²) >= 11 is 0. The van der Waals surface area contributed by atoms with E-state index in [0.29, 0.717) is 22.8 Å². The predicted octanol–water partition coefficient (Wildman–Crippen LogP) is 7.73. The van der Waals surface area contributed by atoms with E-state index in [4.69, 9.17) is 11.3 Å². The minimum Gasteiger partial charge on any atom is -0.457 e. The van der Waals surface area contributed by atoms with Gasteiger partial charge >= 0.3 is 6.18 Å². The largest absolute Gasteiger partial charge is 0.457 e. The SMILES string of the molecule is [C-]#[N+]c1c(C(F)(F)F)cc(-c2ccc(Oc3ccc4[nH]c(C(=O)N(C)C)cc4c3)cc2)n(Cc2ccc(C)cc2C)c1=O. The van der Waals surface area contributed by atoms with Crippen LogP contribution in [-0.4, -0.2) is 34.5 Å². The zero-order valence-electron chi connectivity index (χ0n) is 23.8. The van der Waals surface area contributed by atoms with Crippen LogP contribution in [0.1, 0.15) is 32.7 Å². The zero-order chi connectivity index (χ0) is 31.1. The third kappa shape index (κ3) is 5.88. The van der Waals surface area contributed by atoms with Gasteiger partial charge in [0.25, 0.3) is 17.2 Å². The number of amides is 1. The van der Waals surface area contributed by atoms with Crippen molar-refractivity contribution >= 4 is 22.5 Å². The van der Waals surface area contributed by atoms with Crippen molar-refractivity contribution in [3.63, 3.8) is 0 Å². The van der Waals surface area contributed by atoms with Crippen LogP contribution in [0.25, 0.3) is 27.0 Å². The van der Waals surface area contributed by atoms with Crippen LogP contribution in [0.2, 0.25) is 0 Å². The van der Waals surface area contributed by atoms with E-state index in [2.05, 4.69) is 9.83 Å². The number of nitrogens with one attached hydrogen (secondary N) is 1. The van der Waals surface area contributed by atoms with Crippen LogP contribution >= 0.6 is 0 Å². The van der Waals surface area contributed by atoms with Crippen LogP contribution in [0, 0.1) is 20.4 Å². The Morgan fingerprint density at radius 1 is 0.977 bits per heavy atom. The number of carbonyl (C=O) groups is 1. The normalized spacial score (nSPS) is 11.4. The van der Waals surface area contributed by atoms with Gasteiger partial charge in [-0.1, -0.05) is 23.8 Å². The Kier molecular flexibility index (Phi) is 7.59. The number of halogens is 3. The molecule has 0 spiro atoms. The first kappa shape index (κ1) is 29.2. The maximum absolute atomic E-state index is 13.9. The van der Waals surface area contributed by atoms with Gasteiger partial charge in [0.15, 0.2) is 0 Å². The van der Waals surface area contributed by atoms with Gasteiger partial charge in [-0.3, -0.25) is 9.59 Å². The summed E-state index contributed by atoms with van der Waals surface area (Å²) in [7, 11) is 3.33. The minimum absolute atomic E-state index is 0.00577. The molecule has 0 radical (unpaired) electrons. The third-order valence-corrected chi connectivity index (χ3v) is 7.13. The Labute approximate surface area is 245 Å². The van der Waals surface area contributed by atoms with Crippen molar-refractivity contribution in [2.24, 2.45) is 0 Å². The second-order valence-electron chi connectivity index (χ2n) is 10.5. The number of benzene rings is 3. The van der Waals surface area contributed by atoms with Crippen molar-refractivity contribution < 1.29 is 22.7 Å². The highest BCUT2D eigenvalue weighted by Gasteiger charge is 2.36. The lowest BCUT2D eigenvalue weighted by Gasteiger charge is -2.19. The molecule has 1 amide bonds. The Morgan fingerprint density at radius 3 is 2.30 bits per heavy atom. The van der Waals surface area contributed by atoms with E-state index in [1.165, 1.54) is 9.47 Å². The number of ether oxygens (including phenoxy) is 1. The summed E-state index contributed by atoms with van der Waals surface area (Å²) in [4.78, 5) is 33.1. The number of hydrogen-bond donors (Lipinski definition) is 1. The van der Waals surface area contributed by atoms with Crippen LogP contribution in [-0.2, 0) is 12.7 Å². The highest BCUT2D eigenvalue weighted by molar-refractivity contribution is 5.98. The molecular formula is C33H27F3N4O3. The van der Waals surface area contributed by atoms with Crippen molar-refractivity contribution in [3.05, 3.63) is 123 Å². The summed E-state index contributed by atoms with van der Waals surface area (Å²) in [5, 5.41) is 0.773. The van der Waals surface area contributed by atoms with Gasteiger partial charge in [-0.15, -0.1) is 0 Å². The second-order valence-corrected chi connectivity index (χ2v) is 10.5. The predicted molar refractivity (Wildman–Crippen MR) is 159 cm³/mol. The van der Waals surface area contributed by atoms with Crippen LogP contribution in [0.15, 0.2) is 77.6 Å². The van der Waals surface area contributed by atoms with Gasteiger partial charge in [0.2, 0.25) is 0 Å². The molecule has 0 aliphatic carbocycles. The number of aromatic nitrogens is 2. The molecule has 218 valence electrons. The fraction of sp³-hybridized carbons (Fsp3) is 0.182. The number of fused-ring (bicyclic) bond motifs is 1. The summed E-state index contributed by atoms with van der Waals surface area (Å²) in [6.45, 7) is 11.1. The monoisotopic (exact) mass is 584 g/mol. The molecule has 0 fully saturated rings. The van der Waals surface area contributed by atoms with Crippen molar-refractivity contribution in [1.82, 2.24) is 14.5 Å². The molecule has 5 rings (SSSR count). The molecule has 3 aromatic carbocycles. The molecule has 5 aromatic rings. The van der Waals surface area contributed by atoms with E-state index in [0.717, 1.165) is 33.7 Å².